The van der Waals surface area contributed by atoms with Crippen molar-refractivity contribution in [3.63, 3.8) is 0 Å². The Kier molecular flexibility index (Phi) is 4.68. The van der Waals surface area contributed by atoms with Crippen LogP contribution in [0.4, 0.5) is 0 Å². The normalized spacial score (nSPS) is 25.0. The van der Waals surface area contributed by atoms with Crippen LogP contribution >= 0.6 is 0 Å². The van der Waals surface area contributed by atoms with E-state index in [0.29, 0.717) is 29.8 Å². The fraction of sp³-hybridized carbons (Fsp3) is 0.364. The van der Waals surface area contributed by atoms with Crippen LogP contribution in [-0.2, 0) is 6.54 Å². The predicted molar refractivity (Wildman–Crippen MR) is 107 cm³/mol. The summed E-state index contributed by atoms with van der Waals surface area (Å²) in [5.41, 5.74) is 10.9. The fourth-order valence-corrected chi connectivity index (χ4v) is 4.45. The van der Waals surface area contributed by atoms with Crippen molar-refractivity contribution in [2.75, 3.05) is 13.1 Å². The maximum atomic E-state index is 5.57. The van der Waals surface area contributed by atoms with Crippen LogP contribution in [0.2, 0.25) is 0 Å². The maximum Gasteiger partial charge on any atom is 0.230 e. The zero-order chi connectivity index (χ0) is 18.9. The minimum atomic E-state index is 0.307. The first-order valence-corrected chi connectivity index (χ1v) is 9.94. The molecule has 0 radical (unpaired) electrons. The van der Waals surface area contributed by atoms with Crippen LogP contribution in [0.25, 0.3) is 11.1 Å². The van der Waals surface area contributed by atoms with Gasteiger partial charge in [-0.3, -0.25) is 10.3 Å². The van der Waals surface area contributed by atoms with Crippen LogP contribution in [0.3, 0.4) is 0 Å². The monoisotopic (exact) mass is 375 g/mol. The average molecular weight is 375 g/mol. The summed E-state index contributed by atoms with van der Waals surface area (Å²) in [7, 11) is 0. The van der Waals surface area contributed by atoms with Gasteiger partial charge >= 0.3 is 0 Å². The first kappa shape index (κ1) is 17.6. The standard InChI is InChI=1S/C22H25N5O/c1-15-23-25-21(28-15)14-27-12-11-20-19(13-27)22(26-24-20)18-9-7-17(8-10-18)16-5-3-2-4-6-16/h2-10,19-20,22,24,26H,11-14H2,1H3. The lowest BCUT2D eigenvalue weighted by atomic mass is 9.84. The van der Waals surface area contributed by atoms with Gasteiger partial charge in [0.2, 0.25) is 11.8 Å². The van der Waals surface area contributed by atoms with Crippen LogP contribution in [0.5, 0.6) is 0 Å². The van der Waals surface area contributed by atoms with Gasteiger partial charge in [0.1, 0.15) is 0 Å². The second-order valence-corrected chi connectivity index (χ2v) is 7.76. The van der Waals surface area contributed by atoms with Gasteiger partial charge in [-0.25, -0.2) is 5.43 Å². The molecule has 3 atom stereocenters. The highest BCUT2D eigenvalue weighted by Crippen LogP contribution is 2.34. The van der Waals surface area contributed by atoms with E-state index in [1.807, 2.05) is 6.92 Å². The number of piperidine rings is 1. The summed E-state index contributed by atoms with van der Waals surface area (Å²) < 4.78 is 5.57. The van der Waals surface area contributed by atoms with Gasteiger partial charge in [-0.05, 0) is 23.1 Å². The summed E-state index contributed by atoms with van der Waals surface area (Å²) in [5.74, 6) is 1.85. The van der Waals surface area contributed by atoms with Gasteiger partial charge in [-0.2, -0.15) is 0 Å². The van der Waals surface area contributed by atoms with Gasteiger partial charge in [0, 0.05) is 32.0 Å². The Morgan fingerprint density at radius 2 is 1.79 bits per heavy atom. The van der Waals surface area contributed by atoms with Crippen molar-refractivity contribution in [3.8, 4) is 11.1 Å². The average Bonchev–Trinajstić information content (AvgIpc) is 3.34. The lowest BCUT2D eigenvalue weighted by Gasteiger charge is -2.35. The number of rotatable bonds is 4. The second kappa shape index (κ2) is 7.47. The molecule has 0 spiro atoms. The van der Waals surface area contributed by atoms with Gasteiger partial charge in [0.15, 0.2) is 0 Å². The van der Waals surface area contributed by atoms with Gasteiger partial charge in [-0.15, -0.1) is 10.2 Å². The Bertz CT molecular complexity index is 924. The predicted octanol–water partition coefficient (Wildman–Crippen LogP) is 3.08. The van der Waals surface area contributed by atoms with Gasteiger partial charge < -0.3 is 4.42 Å². The maximum absolute atomic E-state index is 5.57. The van der Waals surface area contributed by atoms with Crippen molar-refractivity contribution in [3.05, 3.63) is 71.9 Å². The van der Waals surface area contributed by atoms with E-state index in [4.69, 9.17) is 4.42 Å². The van der Waals surface area contributed by atoms with Crippen LogP contribution in [0.15, 0.2) is 59.0 Å². The molecule has 2 aliphatic heterocycles. The molecule has 2 saturated heterocycles. The number of nitrogens with one attached hydrogen (secondary N) is 2. The molecule has 2 aliphatic rings. The summed E-state index contributed by atoms with van der Waals surface area (Å²) in [4.78, 5) is 2.42. The summed E-state index contributed by atoms with van der Waals surface area (Å²) in [6.07, 6.45) is 1.11. The number of aryl methyl sites for hydroxylation is 1. The number of nitrogens with zero attached hydrogens (tertiary/aromatic N) is 3. The number of hydrazine groups is 1. The van der Waals surface area contributed by atoms with Gasteiger partial charge in [-0.1, -0.05) is 54.6 Å². The van der Waals surface area contributed by atoms with E-state index in [-0.39, 0.29) is 0 Å². The van der Waals surface area contributed by atoms with Crippen molar-refractivity contribution < 1.29 is 4.42 Å². The Labute approximate surface area is 164 Å². The minimum Gasteiger partial charge on any atom is -0.424 e. The van der Waals surface area contributed by atoms with E-state index >= 15 is 0 Å². The van der Waals surface area contributed by atoms with E-state index in [1.165, 1.54) is 16.7 Å². The third-order valence-corrected chi connectivity index (χ3v) is 5.90. The summed E-state index contributed by atoms with van der Waals surface area (Å²) >= 11 is 0. The first-order valence-electron chi connectivity index (χ1n) is 9.94. The molecule has 5 rings (SSSR count). The number of hydrogen-bond acceptors (Lipinski definition) is 6. The minimum absolute atomic E-state index is 0.307. The van der Waals surface area contributed by atoms with Crippen LogP contribution in [-0.4, -0.2) is 34.2 Å². The van der Waals surface area contributed by atoms with Crippen molar-refractivity contribution in [1.29, 1.82) is 0 Å². The van der Waals surface area contributed by atoms with E-state index in [0.717, 1.165) is 26.1 Å². The molecule has 3 heterocycles. The molecule has 28 heavy (non-hydrogen) atoms. The molecule has 2 aromatic carbocycles. The molecule has 144 valence electrons. The highest BCUT2D eigenvalue weighted by atomic mass is 16.4. The molecule has 3 unspecified atom stereocenters. The summed E-state index contributed by atoms with van der Waals surface area (Å²) in [6.45, 7) is 4.61. The highest BCUT2D eigenvalue weighted by Gasteiger charge is 2.40. The zero-order valence-electron chi connectivity index (χ0n) is 16.0. The second-order valence-electron chi connectivity index (χ2n) is 7.76. The van der Waals surface area contributed by atoms with E-state index < -0.39 is 0 Å². The third kappa shape index (κ3) is 3.46. The summed E-state index contributed by atoms with van der Waals surface area (Å²) in [6, 6.07) is 20.3. The molecule has 0 amide bonds. The molecule has 6 nitrogen and oxygen atoms in total. The smallest absolute Gasteiger partial charge is 0.230 e. The molecule has 1 aromatic heterocycles. The number of fused-ring (bicyclic) bond motifs is 1. The van der Waals surface area contributed by atoms with Gasteiger partial charge in [0.05, 0.1) is 12.6 Å². The molecule has 2 fully saturated rings. The Morgan fingerprint density at radius 3 is 2.54 bits per heavy atom. The molecule has 6 heteroatoms. The van der Waals surface area contributed by atoms with Crippen LogP contribution in [0, 0.1) is 12.8 Å². The van der Waals surface area contributed by atoms with Crippen molar-refractivity contribution in [2.45, 2.75) is 32.0 Å². The number of likely N-dealkylation sites (tertiary alicyclic amines) is 1. The molecular formula is C22H25N5O. The molecule has 0 aliphatic carbocycles. The molecule has 2 N–H and O–H groups in total. The number of benzene rings is 2. The topological polar surface area (TPSA) is 66.2 Å². The highest BCUT2D eigenvalue weighted by molar-refractivity contribution is 5.63. The molecule has 0 bridgehead atoms. The Balaban J connectivity index is 1.30. The first-order chi connectivity index (χ1) is 13.8. The lowest BCUT2D eigenvalue weighted by Crippen LogP contribution is -2.45. The molecule has 3 aromatic rings. The third-order valence-electron chi connectivity index (χ3n) is 5.90. The SMILES string of the molecule is Cc1nnc(CN2CCC3NNC(c4ccc(-c5ccccc5)cc4)C3C2)o1. The number of aromatic nitrogens is 2. The quantitative estimate of drug-likeness (QED) is 0.731. The Morgan fingerprint density at radius 1 is 1.00 bits per heavy atom. The number of hydrogen-bond donors (Lipinski definition) is 2. The van der Waals surface area contributed by atoms with Crippen molar-refractivity contribution in [1.82, 2.24) is 25.9 Å². The largest absolute Gasteiger partial charge is 0.424 e. The molecule has 0 saturated carbocycles. The van der Waals surface area contributed by atoms with Crippen molar-refractivity contribution >= 4 is 0 Å². The van der Waals surface area contributed by atoms with Crippen LogP contribution < -0.4 is 10.9 Å². The van der Waals surface area contributed by atoms with E-state index in [9.17, 15) is 0 Å². The van der Waals surface area contributed by atoms with E-state index in [1.54, 1.807) is 0 Å². The Hall–Kier alpha value is -2.54. The van der Waals surface area contributed by atoms with E-state index in [2.05, 4.69) is 80.5 Å². The summed E-state index contributed by atoms with van der Waals surface area (Å²) in [5, 5.41) is 8.10. The van der Waals surface area contributed by atoms with Gasteiger partial charge in [0.25, 0.3) is 0 Å². The molecular weight excluding hydrogens is 350 g/mol. The van der Waals surface area contributed by atoms with Crippen molar-refractivity contribution in [2.24, 2.45) is 5.92 Å². The zero-order valence-corrected chi connectivity index (χ0v) is 16.0. The fourth-order valence-electron chi connectivity index (χ4n) is 4.45. The van der Waals surface area contributed by atoms with Crippen LogP contribution in [0.1, 0.15) is 29.8 Å². The lowest BCUT2D eigenvalue weighted by molar-refractivity contribution is 0.137.